The van der Waals surface area contributed by atoms with E-state index in [1.807, 2.05) is 11.4 Å². The summed E-state index contributed by atoms with van der Waals surface area (Å²) in [5, 5.41) is 10.6. The van der Waals surface area contributed by atoms with E-state index < -0.39 is 0 Å². The van der Waals surface area contributed by atoms with Gasteiger partial charge in [0.25, 0.3) is 0 Å². The van der Waals surface area contributed by atoms with Crippen LogP contribution in [0.1, 0.15) is 25.7 Å². The van der Waals surface area contributed by atoms with E-state index in [-0.39, 0.29) is 6.10 Å². The summed E-state index contributed by atoms with van der Waals surface area (Å²) in [6.07, 6.45) is 5.00. The molecular formula is C15H16N4OS. The third kappa shape index (κ3) is 3.04. The fraction of sp³-hybridized carbons (Fsp3) is 0.400. The molecule has 1 aliphatic heterocycles. The highest BCUT2D eigenvalue weighted by Crippen LogP contribution is 2.35. The first-order chi connectivity index (χ1) is 10.3. The van der Waals surface area contributed by atoms with E-state index in [0.29, 0.717) is 18.7 Å². The summed E-state index contributed by atoms with van der Waals surface area (Å²) < 4.78 is 6.79. The Kier molecular flexibility index (Phi) is 4.13. The first kappa shape index (κ1) is 14.0. The molecule has 1 unspecified atom stereocenters. The Labute approximate surface area is 127 Å². The van der Waals surface area contributed by atoms with Crippen LogP contribution in [0, 0.1) is 11.3 Å². The molecule has 0 bridgehead atoms. The average molecular weight is 300 g/mol. The Morgan fingerprint density at radius 2 is 2.48 bits per heavy atom. The molecule has 0 radical (unpaired) electrons. The van der Waals surface area contributed by atoms with Gasteiger partial charge in [0.15, 0.2) is 0 Å². The Bertz CT molecular complexity index is 706. The molecule has 0 aromatic carbocycles. The lowest BCUT2D eigenvalue weighted by atomic mass is 10.0. The maximum atomic E-state index is 8.61. The van der Waals surface area contributed by atoms with Crippen molar-refractivity contribution in [2.45, 2.75) is 31.8 Å². The van der Waals surface area contributed by atoms with Crippen molar-refractivity contribution in [2.75, 3.05) is 12.3 Å². The number of nitriles is 1. The summed E-state index contributed by atoms with van der Waals surface area (Å²) in [4.78, 5) is 9.00. The molecule has 3 rings (SSSR count). The number of thiophene rings is 1. The quantitative estimate of drug-likeness (QED) is 0.941. The number of hydrogen-bond donors (Lipinski definition) is 1. The predicted molar refractivity (Wildman–Crippen MR) is 84.9 cm³/mol. The lowest BCUT2D eigenvalue weighted by Gasteiger charge is -2.23. The van der Waals surface area contributed by atoms with Crippen molar-refractivity contribution in [1.82, 2.24) is 4.98 Å². The van der Waals surface area contributed by atoms with E-state index in [4.69, 9.17) is 20.7 Å². The van der Waals surface area contributed by atoms with Gasteiger partial charge in [-0.05, 0) is 30.7 Å². The third-order valence-corrected chi connectivity index (χ3v) is 4.47. The molecule has 1 saturated heterocycles. The van der Waals surface area contributed by atoms with Gasteiger partial charge < -0.3 is 10.5 Å². The van der Waals surface area contributed by atoms with Crippen LogP contribution in [0.3, 0.4) is 0 Å². The van der Waals surface area contributed by atoms with Crippen molar-refractivity contribution in [2.24, 2.45) is 4.99 Å². The molecule has 1 fully saturated rings. The largest absolute Gasteiger partial charge is 0.396 e. The molecular weight excluding hydrogens is 284 g/mol. The molecule has 2 aromatic heterocycles. The van der Waals surface area contributed by atoms with Crippen LogP contribution in [0.25, 0.3) is 10.2 Å². The fourth-order valence-corrected chi connectivity index (χ4v) is 3.27. The van der Waals surface area contributed by atoms with Gasteiger partial charge in [-0.15, -0.1) is 11.3 Å². The Hall–Kier alpha value is -1.97. The van der Waals surface area contributed by atoms with E-state index in [1.165, 1.54) is 0 Å². The van der Waals surface area contributed by atoms with Gasteiger partial charge >= 0.3 is 0 Å². The zero-order chi connectivity index (χ0) is 14.7. The lowest BCUT2D eigenvalue weighted by Crippen LogP contribution is -2.25. The summed E-state index contributed by atoms with van der Waals surface area (Å²) >= 11 is 1.60. The van der Waals surface area contributed by atoms with Crippen LogP contribution < -0.4 is 5.73 Å². The molecule has 2 aromatic rings. The molecule has 0 saturated carbocycles. The number of aliphatic imine (C=N–C) groups is 1. The summed E-state index contributed by atoms with van der Waals surface area (Å²) in [5.41, 5.74) is 9.36. The number of anilines is 1. The number of pyridine rings is 1. The zero-order valence-corrected chi connectivity index (χ0v) is 12.4. The van der Waals surface area contributed by atoms with Crippen molar-refractivity contribution in [1.29, 1.82) is 5.26 Å². The molecule has 21 heavy (non-hydrogen) atoms. The highest BCUT2D eigenvalue weighted by atomic mass is 32.1. The second kappa shape index (κ2) is 6.20. The van der Waals surface area contributed by atoms with Gasteiger partial charge in [0.1, 0.15) is 5.69 Å². The molecule has 5 nitrogen and oxygen atoms in total. The SMILES string of the molecule is N#CCCC1CCC(=Nc2c(N)cnc3ccsc23)CO1. The van der Waals surface area contributed by atoms with Crippen LogP contribution in [0.5, 0.6) is 0 Å². The van der Waals surface area contributed by atoms with Gasteiger partial charge in [0.05, 0.1) is 40.9 Å². The van der Waals surface area contributed by atoms with Crippen LogP contribution in [0.2, 0.25) is 0 Å². The summed E-state index contributed by atoms with van der Waals surface area (Å²) in [6.45, 7) is 0.519. The van der Waals surface area contributed by atoms with Gasteiger partial charge in [-0.3, -0.25) is 9.98 Å². The van der Waals surface area contributed by atoms with Gasteiger partial charge in [-0.25, -0.2) is 0 Å². The monoisotopic (exact) mass is 300 g/mol. The molecule has 1 aliphatic rings. The minimum absolute atomic E-state index is 0.181. The standard InChI is InChI=1S/C15H16N4OS/c16-6-1-2-11-4-3-10(9-20-11)19-14-12(17)8-18-13-5-7-21-15(13)14/h5,7-8,11H,1-4,9,17H2. The van der Waals surface area contributed by atoms with E-state index in [0.717, 1.165) is 40.9 Å². The molecule has 3 heterocycles. The smallest absolute Gasteiger partial charge is 0.107 e. The number of nitrogen functional groups attached to an aromatic ring is 1. The number of hydrogen-bond acceptors (Lipinski definition) is 6. The van der Waals surface area contributed by atoms with Crippen LogP contribution in [-0.4, -0.2) is 23.4 Å². The molecule has 0 aliphatic carbocycles. The van der Waals surface area contributed by atoms with E-state index in [9.17, 15) is 0 Å². The second-order valence-electron chi connectivity index (χ2n) is 5.04. The van der Waals surface area contributed by atoms with E-state index >= 15 is 0 Å². The Morgan fingerprint density at radius 1 is 1.57 bits per heavy atom. The van der Waals surface area contributed by atoms with Gasteiger partial charge in [0.2, 0.25) is 0 Å². The van der Waals surface area contributed by atoms with Crippen molar-refractivity contribution < 1.29 is 4.74 Å². The summed E-state index contributed by atoms with van der Waals surface area (Å²) in [7, 11) is 0. The number of ether oxygens (including phenoxy) is 1. The van der Waals surface area contributed by atoms with Crippen LogP contribution in [0.4, 0.5) is 11.4 Å². The van der Waals surface area contributed by atoms with Gasteiger partial charge in [-0.1, -0.05) is 0 Å². The average Bonchev–Trinajstić information content (AvgIpc) is 2.98. The van der Waals surface area contributed by atoms with Crippen LogP contribution in [0.15, 0.2) is 22.6 Å². The van der Waals surface area contributed by atoms with Crippen molar-refractivity contribution in [3.63, 3.8) is 0 Å². The minimum atomic E-state index is 0.181. The normalized spacial score (nSPS) is 20.7. The van der Waals surface area contributed by atoms with E-state index in [1.54, 1.807) is 17.5 Å². The minimum Gasteiger partial charge on any atom is -0.396 e. The number of aromatic nitrogens is 1. The number of nitrogens with two attached hydrogens (primary N) is 1. The van der Waals surface area contributed by atoms with E-state index in [2.05, 4.69) is 11.1 Å². The number of fused-ring (bicyclic) bond motifs is 1. The molecule has 6 heteroatoms. The van der Waals surface area contributed by atoms with Gasteiger partial charge in [0, 0.05) is 12.1 Å². The molecule has 0 spiro atoms. The second-order valence-corrected chi connectivity index (χ2v) is 5.96. The summed E-state index contributed by atoms with van der Waals surface area (Å²) in [5.74, 6) is 0. The predicted octanol–water partition coefficient (Wildman–Crippen LogP) is 3.43. The Balaban J connectivity index is 1.78. The maximum absolute atomic E-state index is 8.61. The topological polar surface area (TPSA) is 84.3 Å². The Morgan fingerprint density at radius 3 is 3.24 bits per heavy atom. The zero-order valence-electron chi connectivity index (χ0n) is 11.6. The number of nitrogens with zero attached hydrogens (tertiary/aromatic N) is 3. The highest BCUT2D eigenvalue weighted by molar-refractivity contribution is 7.17. The van der Waals surface area contributed by atoms with Crippen molar-refractivity contribution >= 4 is 38.6 Å². The molecule has 1 atom stereocenters. The molecule has 2 N–H and O–H groups in total. The van der Waals surface area contributed by atoms with Crippen LogP contribution in [-0.2, 0) is 4.74 Å². The van der Waals surface area contributed by atoms with Gasteiger partial charge in [-0.2, -0.15) is 5.26 Å². The van der Waals surface area contributed by atoms with Crippen molar-refractivity contribution in [3.8, 4) is 6.07 Å². The molecule has 0 amide bonds. The lowest BCUT2D eigenvalue weighted by molar-refractivity contribution is 0.0572. The first-order valence-electron chi connectivity index (χ1n) is 6.94. The maximum Gasteiger partial charge on any atom is 0.107 e. The molecule has 108 valence electrons. The summed E-state index contributed by atoms with van der Waals surface area (Å²) in [6, 6.07) is 4.13. The van der Waals surface area contributed by atoms with Crippen molar-refractivity contribution in [3.05, 3.63) is 17.6 Å². The third-order valence-electron chi connectivity index (χ3n) is 3.56. The highest BCUT2D eigenvalue weighted by Gasteiger charge is 2.18. The van der Waals surface area contributed by atoms with Crippen LogP contribution >= 0.6 is 11.3 Å². The first-order valence-corrected chi connectivity index (χ1v) is 7.82. The number of rotatable bonds is 3. The fourth-order valence-electron chi connectivity index (χ4n) is 2.42.